The summed E-state index contributed by atoms with van der Waals surface area (Å²) in [4.78, 5) is 22.7. The number of hydrogen-bond donors (Lipinski definition) is 1. The van der Waals surface area contributed by atoms with Crippen molar-refractivity contribution in [3.05, 3.63) is 124 Å². The minimum atomic E-state index is -0.356. The van der Waals surface area contributed by atoms with E-state index in [1.807, 2.05) is 55.5 Å². The normalized spacial score (nSPS) is 15.2. The van der Waals surface area contributed by atoms with E-state index < -0.39 is 0 Å². The molecule has 0 amide bonds. The highest BCUT2D eigenvalue weighted by Gasteiger charge is 2.31. The topological polar surface area (TPSA) is 61.6 Å². The van der Waals surface area contributed by atoms with Gasteiger partial charge in [-0.05, 0) is 48.4 Å². The summed E-state index contributed by atoms with van der Waals surface area (Å²) in [5.74, 6) is 0.0455. The van der Waals surface area contributed by atoms with E-state index in [1.165, 1.54) is 5.69 Å². The molecule has 178 valence electrons. The molecule has 35 heavy (non-hydrogen) atoms. The highest BCUT2D eigenvalue weighted by Crippen LogP contribution is 2.33. The summed E-state index contributed by atoms with van der Waals surface area (Å²) in [5, 5.41) is 11.1. The molecule has 0 saturated carbocycles. The minimum Gasteiger partial charge on any atom is -0.507 e. The number of hydrogen-bond acceptors (Lipinski definition) is 5. The van der Waals surface area contributed by atoms with Crippen LogP contribution < -0.4 is 10.5 Å². The van der Waals surface area contributed by atoms with Crippen LogP contribution in [0.1, 0.15) is 28.4 Å². The van der Waals surface area contributed by atoms with Crippen LogP contribution in [0.3, 0.4) is 0 Å². The highest BCUT2D eigenvalue weighted by molar-refractivity contribution is 5.47. The van der Waals surface area contributed by atoms with Gasteiger partial charge in [0.25, 0.3) is 5.56 Å². The molecular weight excluding hydrogens is 436 g/mol. The Bertz CT molecular complexity index is 1320. The van der Waals surface area contributed by atoms with Crippen LogP contribution in [0.2, 0.25) is 0 Å². The third kappa shape index (κ3) is 4.84. The fraction of sp³-hybridized carbons (Fsp3) is 0.241. The zero-order chi connectivity index (χ0) is 24.2. The first-order valence-corrected chi connectivity index (χ1v) is 12.0. The molecule has 0 bridgehead atoms. The second kappa shape index (κ2) is 10.2. The van der Waals surface area contributed by atoms with E-state index in [9.17, 15) is 9.90 Å². The van der Waals surface area contributed by atoms with Gasteiger partial charge in [-0.25, -0.2) is 0 Å². The summed E-state index contributed by atoms with van der Waals surface area (Å²) < 4.78 is 1.76. The molecule has 0 unspecified atom stereocenters. The van der Waals surface area contributed by atoms with Gasteiger partial charge in [0.1, 0.15) is 5.75 Å². The Morgan fingerprint density at radius 3 is 2.17 bits per heavy atom. The Morgan fingerprint density at radius 2 is 1.51 bits per heavy atom. The molecule has 6 heteroatoms. The Kier molecular flexibility index (Phi) is 6.64. The van der Waals surface area contributed by atoms with Gasteiger partial charge in [-0.15, -0.1) is 0 Å². The third-order valence-electron chi connectivity index (χ3n) is 6.80. The van der Waals surface area contributed by atoms with Crippen molar-refractivity contribution in [2.75, 3.05) is 31.1 Å². The molecule has 5 rings (SSSR count). The molecule has 1 N–H and O–H groups in total. The summed E-state index contributed by atoms with van der Waals surface area (Å²) >= 11 is 0. The molecule has 1 saturated heterocycles. The SMILES string of the molecule is Cc1cc(O)c([C@H](c2ccncc2)N2CCN(c3ccccc3)CC2)c(=O)n1Cc1ccccc1. The third-order valence-corrected chi connectivity index (χ3v) is 6.80. The van der Waals surface area contributed by atoms with Crippen molar-refractivity contribution in [2.45, 2.75) is 19.5 Å². The quantitative estimate of drug-likeness (QED) is 0.461. The Hall–Kier alpha value is -3.90. The summed E-state index contributed by atoms with van der Waals surface area (Å²) in [5.41, 5.74) is 4.21. The smallest absolute Gasteiger partial charge is 0.259 e. The van der Waals surface area contributed by atoms with E-state index in [1.54, 1.807) is 23.0 Å². The van der Waals surface area contributed by atoms with Gasteiger partial charge in [-0.2, -0.15) is 0 Å². The van der Waals surface area contributed by atoms with Gasteiger partial charge in [0.05, 0.1) is 18.2 Å². The number of piperazine rings is 1. The molecule has 2 aromatic carbocycles. The molecule has 2 aromatic heterocycles. The maximum absolute atomic E-state index is 13.9. The van der Waals surface area contributed by atoms with E-state index in [4.69, 9.17) is 0 Å². The lowest BCUT2D eigenvalue weighted by atomic mass is 9.96. The lowest BCUT2D eigenvalue weighted by Gasteiger charge is -2.40. The van der Waals surface area contributed by atoms with E-state index in [2.05, 4.69) is 39.0 Å². The van der Waals surface area contributed by atoms with Gasteiger partial charge in [0, 0.05) is 50.0 Å². The number of nitrogens with zero attached hydrogens (tertiary/aromatic N) is 4. The van der Waals surface area contributed by atoms with Gasteiger partial charge in [-0.3, -0.25) is 14.7 Å². The minimum absolute atomic E-state index is 0.0455. The number of aryl methyl sites for hydroxylation is 1. The second-order valence-electron chi connectivity index (χ2n) is 9.00. The lowest BCUT2D eigenvalue weighted by molar-refractivity contribution is 0.207. The summed E-state index contributed by atoms with van der Waals surface area (Å²) in [7, 11) is 0. The molecular formula is C29H30N4O2. The highest BCUT2D eigenvalue weighted by atomic mass is 16.3. The molecule has 1 atom stereocenters. The van der Waals surface area contributed by atoms with Crippen molar-refractivity contribution >= 4 is 5.69 Å². The van der Waals surface area contributed by atoms with Crippen molar-refractivity contribution in [3.8, 4) is 5.75 Å². The van der Waals surface area contributed by atoms with Crippen LogP contribution in [0.25, 0.3) is 0 Å². The van der Waals surface area contributed by atoms with E-state index in [0.29, 0.717) is 12.1 Å². The van der Waals surface area contributed by atoms with Crippen molar-refractivity contribution in [1.82, 2.24) is 14.5 Å². The van der Waals surface area contributed by atoms with E-state index >= 15 is 0 Å². The summed E-state index contributed by atoms with van der Waals surface area (Å²) in [6.45, 7) is 5.56. The number of rotatable bonds is 6. The van der Waals surface area contributed by atoms with Gasteiger partial charge < -0.3 is 14.6 Å². The Labute approximate surface area is 205 Å². The molecule has 3 heterocycles. The van der Waals surface area contributed by atoms with Crippen LogP contribution in [0.15, 0.2) is 96.1 Å². The molecule has 1 aliphatic heterocycles. The van der Waals surface area contributed by atoms with Crippen molar-refractivity contribution < 1.29 is 5.11 Å². The average Bonchev–Trinajstić information content (AvgIpc) is 2.91. The number of aromatic hydroxyl groups is 1. The van der Waals surface area contributed by atoms with Crippen molar-refractivity contribution in [3.63, 3.8) is 0 Å². The van der Waals surface area contributed by atoms with Gasteiger partial charge >= 0.3 is 0 Å². The number of pyridine rings is 2. The Balaban J connectivity index is 1.52. The molecule has 1 fully saturated rings. The zero-order valence-electron chi connectivity index (χ0n) is 19.9. The standard InChI is InChI=1S/C29H30N4O2/c1-22-20-26(34)27(29(35)33(22)21-23-8-4-2-5-9-23)28(24-12-14-30-15-13-24)32-18-16-31(17-19-32)25-10-6-3-7-11-25/h2-15,20,28,34H,16-19,21H2,1H3/t28-/m0/s1. The van der Waals surface area contributed by atoms with E-state index in [-0.39, 0.29) is 17.4 Å². The molecule has 0 aliphatic carbocycles. The molecule has 0 spiro atoms. The molecule has 4 aromatic rings. The summed E-state index contributed by atoms with van der Waals surface area (Å²) in [6, 6.07) is 25.6. The first-order chi connectivity index (χ1) is 17.1. The van der Waals surface area contributed by atoms with Crippen molar-refractivity contribution in [2.24, 2.45) is 0 Å². The summed E-state index contributed by atoms with van der Waals surface area (Å²) in [6.07, 6.45) is 3.49. The van der Waals surface area contributed by atoms with E-state index in [0.717, 1.165) is 43.0 Å². The van der Waals surface area contributed by atoms with Crippen LogP contribution >= 0.6 is 0 Å². The maximum Gasteiger partial charge on any atom is 0.259 e. The van der Waals surface area contributed by atoms with Crippen molar-refractivity contribution in [1.29, 1.82) is 0 Å². The monoisotopic (exact) mass is 466 g/mol. The van der Waals surface area contributed by atoms with Crippen LogP contribution in [-0.2, 0) is 6.54 Å². The molecule has 6 nitrogen and oxygen atoms in total. The van der Waals surface area contributed by atoms with Crippen LogP contribution in [0.4, 0.5) is 5.69 Å². The number of para-hydroxylation sites is 1. The lowest BCUT2D eigenvalue weighted by Crippen LogP contribution is -2.49. The van der Waals surface area contributed by atoms with Crippen LogP contribution in [-0.4, -0.2) is 45.7 Å². The number of anilines is 1. The molecule has 1 aliphatic rings. The van der Waals surface area contributed by atoms with Crippen LogP contribution in [0, 0.1) is 6.92 Å². The Morgan fingerprint density at radius 1 is 0.886 bits per heavy atom. The number of aromatic nitrogens is 2. The first kappa shape index (κ1) is 22.9. The van der Waals surface area contributed by atoms with Gasteiger partial charge in [0.2, 0.25) is 0 Å². The predicted molar refractivity (Wildman–Crippen MR) is 139 cm³/mol. The average molecular weight is 467 g/mol. The van der Waals surface area contributed by atoms with Crippen LogP contribution in [0.5, 0.6) is 5.75 Å². The predicted octanol–water partition coefficient (Wildman–Crippen LogP) is 4.22. The maximum atomic E-state index is 13.9. The van der Waals surface area contributed by atoms with Gasteiger partial charge in [-0.1, -0.05) is 48.5 Å². The fourth-order valence-electron chi connectivity index (χ4n) is 4.97. The molecule has 0 radical (unpaired) electrons. The largest absolute Gasteiger partial charge is 0.507 e. The fourth-order valence-corrected chi connectivity index (χ4v) is 4.97. The number of benzene rings is 2. The first-order valence-electron chi connectivity index (χ1n) is 12.0. The second-order valence-corrected chi connectivity index (χ2v) is 9.00. The van der Waals surface area contributed by atoms with Gasteiger partial charge in [0.15, 0.2) is 0 Å². The zero-order valence-corrected chi connectivity index (χ0v) is 19.9.